The topological polar surface area (TPSA) is 78.4 Å². The maximum absolute atomic E-state index is 11.9. The standard InChI is InChI=1S/C33H36N4O4/c1-35(24-38)31-21-27(37-19-17-28(39)18-20-37)13-14-29(31)36(2)30-15-16-32(40-22-25-9-5-3-6-10-25)34-33(30)41-23-26-11-7-4-8-12-26/h3-16,21,24,28,39H,17-20,22-23H2,1-2H3. The summed E-state index contributed by atoms with van der Waals surface area (Å²) in [6.07, 6.45) is 2.01. The van der Waals surface area contributed by atoms with E-state index in [4.69, 9.17) is 14.5 Å². The number of pyridine rings is 1. The van der Waals surface area contributed by atoms with Crippen molar-refractivity contribution < 1.29 is 19.4 Å². The third kappa shape index (κ3) is 6.96. The Balaban J connectivity index is 1.45. The summed E-state index contributed by atoms with van der Waals surface area (Å²) in [5.74, 6) is 0.887. The number of nitrogens with zero attached hydrogens (tertiary/aromatic N) is 4. The number of benzene rings is 3. The third-order valence-corrected chi connectivity index (χ3v) is 7.31. The molecule has 0 radical (unpaired) electrons. The maximum Gasteiger partial charge on any atom is 0.241 e. The van der Waals surface area contributed by atoms with E-state index in [1.54, 1.807) is 11.9 Å². The minimum absolute atomic E-state index is 0.254. The van der Waals surface area contributed by atoms with Gasteiger partial charge in [0.25, 0.3) is 0 Å². The molecular weight excluding hydrogens is 516 g/mol. The van der Waals surface area contributed by atoms with Crippen LogP contribution in [0.3, 0.4) is 0 Å². The van der Waals surface area contributed by atoms with Crippen molar-refractivity contribution in [1.82, 2.24) is 4.98 Å². The van der Waals surface area contributed by atoms with E-state index >= 15 is 0 Å². The second-order valence-corrected chi connectivity index (χ2v) is 10.2. The summed E-state index contributed by atoms with van der Waals surface area (Å²) in [7, 11) is 3.68. The molecule has 1 aliphatic heterocycles. The highest BCUT2D eigenvalue weighted by atomic mass is 16.5. The van der Waals surface area contributed by atoms with Crippen molar-refractivity contribution in [2.24, 2.45) is 0 Å². The average molecular weight is 553 g/mol. The molecule has 8 nitrogen and oxygen atoms in total. The Bertz CT molecular complexity index is 1430. The Labute approximate surface area is 241 Å². The van der Waals surface area contributed by atoms with Crippen LogP contribution in [0.4, 0.5) is 22.7 Å². The molecule has 8 heteroatoms. The lowest BCUT2D eigenvalue weighted by Crippen LogP contribution is -2.35. The monoisotopic (exact) mass is 552 g/mol. The fourth-order valence-electron chi connectivity index (χ4n) is 4.90. The zero-order chi connectivity index (χ0) is 28.6. The van der Waals surface area contributed by atoms with Crippen LogP contribution in [0.15, 0.2) is 91.0 Å². The Morgan fingerprint density at radius 3 is 2.07 bits per heavy atom. The summed E-state index contributed by atoms with van der Waals surface area (Å²) in [5.41, 5.74) is 5.40. The van der Waals surface area contributed by atoms with Crippen LogP contribution < -0.4 is 24.2 Å². The van der Waals surface area contributed by atoms with Gasteiger partial charge in [-0.05, 0) is 48.2 Å². The van der Waals surface area contributed by atoms with Gasteiger partial charge in [-0.3, -0.25) is 4.79 Å². The molecule has 212 valence electrons. The molecule has 0 spiro atoms. The van der Waals surface area contributed by atoms with E-state index < -0.39 is 0 Å². The highest BCUT2D eigenvalue weighted by Gasteiger charge is 2.22. The number of aromatic nitrogens is 1. The van der Waals surface area contributed by atoms with Crippen molar-refractivity contribution in [1.29, 1.82) is 0 Å². The number of hydrogen-bond donors (Lipinski definition) is 1. The van der Waals surface area contributed by atoms with Crippen LogP contribution in [-0.4, -0.2) is 49.8 Å². The van der Waals surface area contributed by atoms with E-state index in [1.165, 1.54) is 0 Å². The lowest BCUT2D eigenvalue weighted by Gasteiger charge is -2.33. The van der Waals surface area contributed by atoms with Crippen molar-refractivity contribution in [3.8, 4) is 11.8 Å². The predicted molar refractivity (Wildman–Crippen MR) is 162 cm³/mol. The molecule has 1 aliphatic rings. The van der Waals surface area contributed by atoms with Crippen molar-refractivity contribution in [2.75, 3.05) is 41.9 Å². The summed E-state index contributed by atoms with van der Waals surface area (Å²) in [6, 6.07) is 29.7. The molecule has 1 aromatic heterocycles. The highest BCUT2D eigenvalue weighted by Crippen LogP contribution is 2.40. The fourth-order valence-corrected chi connectivity index (χ4v) is 4.90. The van der Waals surface area contributed by atoms with Crippen molar-refractivity contribution in [3.05, 3.63) is 102 Å². The predicted octanol–water partition coefficient (Wildman–Crippen LogP) is 5.56. The molecule has 1 amide bonds. The number of carbonyl (C=O) groups excluding carboxylic acids is 1. The second kappa shape index (κ2) is 13.2. The number of ether oxygens (including phenoxy) is 2. The SMILES string of the molecule is CN(C=O)c1cc(N2CCC(O)CC2)ccc1N(C)c1ccc(OCc2ccccc2)nc1OCc1ccccc1. The van der Waals surface area contributed by atoms with E-state index in [9.17, 15) is 9.90 Å². The summed E-state index contributed by atoms with van der Waals surface area (Å²) >= 11 is 0. The molecule has 4 aromatic rings. The largest absolute Gasteiger partial charge is 0.473 e. The van der Waals surface area contributed by atoms with E-state index in [0.29, 0.717) is 25.0 Å². The number of hydrogen-bond acceptors (Lipinski definition) is 7. The maximum atomic E-state index is 11.9. The normalized spacial score (nSPS) is 13.5. The molecule has 1 saturated heterocycles. The van der Waals surface area contributed by atoms with Crippen molar-refractivity contribution in [3.63, 3.8) is 0 Å². The quantitative estimate of drug-likeness (QED) is 0.244. The van der Waals surface area contributed by atoms with Crippen LogP contribution in [-0.2, 0) is 18.0 Å². The first-order valence-electron chi connectivity index (χ1n) is 13.8. The molecule has 1 fully saturated rings. The van der Waals surface area contributed by atoms with Gasteiger partial charge >= 0.3 is 0 Å². The van der Waals surface area contributed by atoms with Gasteiger partial charge in [-0.2, -0.15) is 4.98 Å². The minimum Gasteiger partial charge on any atom is -0.473 e. The molecule has 0 atom stereocenters. The first kappa shape index (κ1) is 28.0. The molecule has 0 bridgehead atoms. The first-order chi connectivity index (χ1) is 20.0. The molecule has 2 heterocycles. The molecule has 3 aromatic carbocycles. The van der Waals surface area contributed by atoms with Gasteiger partial charge in [-0.1, -0.05) is 60.7 Å². The smallest absolute Gasteiger partial charge is 0.241 e. The number of anilines is 4. The van der Waals surface area contributed by atoms with Crippen LogP contribution in [0.2, 0.25) is 0 Å². The van der Waals surface area contributed by atoms with Gasteiger partial charge in [0, 0.05) is 38.9 Å². The van der Waals surface area contributed by atoms with Gasteiger partial charge in [0.15, 0.2) is 0 Å². The molecule has 41 heavy (non-hydrogen) atoms. The molecule has 0 saturated carbocycles. The van der Waals surface area contributed by atoms with E-state index in [0.717, 1.165) is 66.2 Å². The molecule has 1 N–H and O–H groups in total. The average Bonchev–Trinajstić information content (AvgIpc) is 3.03. The van der Waals surface area contributed by atoms with Crippen molar-refractivity contribution >= 4 is 29.2 Å². The van der Waals surface area contributed by atoms with Crippen LogP contribution in [0.5, 0.6) is 11.8 Å². The number of carbonyl (C=O) groups is 1. The van der Waals surface area contributed by atoms with Crippen LogP contribution >= 0.6 is 0 Å². The lowest BCUT2D eigenvalue weighted by atomic mass is 10.1. The Morgan fingerprint density at radius 1 is 0.829 bits per heavy atom. The van der Waals surface area contributed by atoms with Crippen LogP contribution in [0.1, 0.15) is 24.0 Å². The van der Waals surface area contributed by atoms with Crippen LogP contribution in [0, 0.1) is 0 Å². The van der Waals surface area contributed by atoms with Gasteiger partial charge < -0.3 is 29.3 Å². The van der Waals surface area contributed by atoms with E-state index in [2.05, 4.69) is 11.0 Å². The van der Waals surface area contributed by atoms with Gasteiger partial charge in [0.2, 0.25) is 18.2 Å². The van der Waals surface area contributed by atoms with E-state index in [1.807, 2.05) is 96.9 Å². The zero-order valence-corrected chi connectivity index (χ0v) is 23.5. The van der Waals surface area contributed by atoms with Crippen LogP contribution in [0.25, 0.3) is 0 Å². The van der Waals surface area contributed by atoms with Gasteiger partial charge in [0.05, 0.1) is 17.5 Å². The van der Waals surface area contributed by atoms with Gasteiger partial charge in [0.1, 0.15) is 18.9 Å². The zero-order valence-electron chi connectivity index (χ0n) is 23.5. The fraction of sp³-hybridized carbons (Fsp3) is 0.273. The summed E-state index contributed by atoms with van der Waals surface area (Å²) in [4.78, 5) is 22.5. The third-order valence-electron chi connectivity index (χ3n) is 7.31. The number of rotatable bonds is 11. The number of piperidine rings is 1. The molecular formula is C33H36N4O4. The second-order valence-electron chi connectivity index (χ2n) is 10.2. The lowest BCUT2D eigenvalue weighted by molar-refractivity contribution is -0.107. The highest BCUT2D eigenvalue weighted by molar-refractivity contribution is 5.88. The first-order valence-corrected chi connectivity index (χ1v) is 13.8. The number of aliphatic hydroxyl groups excluding tert-OH is 1. The molecule has 5 rings (SSSR count). The van der Waals surface area contributed by atoms with Gasteiger partial charge in [-0.15, -0.1) is 0 Å². The molecule has 0 unspecified atom stereocenters. The number of amides is 1. The van der Waals surface area contributed by atoms with E-state index in [-0.39, 0.29) is 6.10 Å². The van der Waals surface area contributed by atoms with Gasteiger partial charge in [-0.25, -0.2) is 0 Å². The summed E-state index contributed by atoms with van der Waals surface area (Å²) < 4.78 is 12.3. The Kier molecular flexibility index (Phi) is 9.01. The van der Waals surface area contributed by atoms with Crippen molar-refractivity contribution in [2.45, 2.75) is 32.2 Å². The number of aliphatic hydroxyl groups is 1. The summed E-state index contributed by atoms with van der Waals surface area (Å²) in [6.45, 7) is 2.28. The summed E-state index contributed by atoms with van der Waals surface area (Å²) in [5, 5.41) is 9.94. The molecule has 0 aliphatic carbocycles. The minimum atomic E-state index is -0.254. The Hall–Kier alpha value is -4.56. The Morgan fingerprint density at radius 2 is 1.44 bits per heavy atom.